The van der Waals surface area contributed by atoms with E-state index in [0.29, 0.717) is 24.7 Å². The molecule has 0 unspecified atom stereocenters. The molecule has 220 valence electrons. The van der Waals surface area contributed by atoms with E-state index in [-0.39, 0.29) is 16.0 Å². The highest BCUT2D eigenvalue weighted by Gasteiger charge is 2.37. The van der Waals surface area contributed by atoms with Crippen LogP contribution in [-0.4, -0.2) is 38.8 Å². The zero-order valence-corrected chi connectivity index (χ0v) is 28.0. The third-order valence-electron chi connectivity index (χ3n) is 6.93. The Labute approximate surface area is 237 Å². The molecule has 0 radical (unpaired) electrons. The quantitative estimate of drug-likeness (QED) is 0.194. The number of hydrogen-bond donors (Lipinski definition) is 2. The maximum Gasteiger partial charge on any atom is 0.308 e. The largest absolute Gasteiger partial charge is 0.508 e. The van der Waals surface area contributed by atoms with Crippen molar-refractivity contribution in [2.75, 3.05) is 0 Å². The SMILES string of the molecule is CC(=O)O.CC(=O)Oc1ccc(CO[Si](C)(C)C(C)(C)C)cc1.CC(C)(C)[Si](C)(C)OCc1ccc(O)cc1. The summed E-state index contributed by atoms with van der Waals surface area (Å²) >= 11 is 0. The summed E-state index contributed by atoms with van der Waals surface area (Å²) < 4.78 is 17.2. The lowest BCUT2D eigenvalue weighted by Crippen LogP contribution is -2.40. The molecule has 7 nitrogen and oxygen atoms in total. The van der Waals surface area contributed by atoms with Crippen molar-refractivity contribution in [3.8, 4) is 11.5 Å². The Kier molecular flexibility index (Phi) is 14.4. The van der Waals surface area contributed by atoms with Crippen LogP contribution in [0.1, 0.15) is 66.5 Å². The maximum absolute atomic E-state index is 10.8. The van der Waals surface area contributed by atoms with E-state index in [2.05, 4.69) is 67.7 Å². The first-order valence-electron chi connectivity index (χ1n) is 13.1. The number of carboxylic acids is 1. The zero-order chi connectivity index (χ0) is 30.7. The van der Waals surface area contributed by atoms with Crippen molar-refractivity contribution in [1.29, 1.82) is 0 Å². The van der Waals surface area contributed by atoms with E-state index >= 15 is 0 Å². The summed E-state index contributed by atoms with van der Waals surface area (Å²) in [7, 11) is -3.38. The number of phenols is 1. The van der Waals surface area contributed by atoms with E-state index in [4.69, 9.17) is 23.5 Å². The van der Waals surface area contributed by atoms with Crippen LogP contribution >= 0.6 is 0 Å². The molecule has 2 rings (SSSR count). The molecule has 0 saturated heterocycles. The van der Waals surface area contributed by atoms with Gasteiger partial charge >= 0.3 is 5.97 Å². The fourth-order valence-corrected chi connectivity index (χ4v) is 4.29. The van der Waals surface area contributed by atoms with Crippen LogP contribution in [0.5, 0.6) is 11.5 Å². The van der Waals surface area contributed by atoms with Crippen molar-refractivity contribution in [3.05, 3.63) is 59.7 Å². The highest BCUT2D eigenvalue weighted by atomic mass is 28.4. The number of esters is 1. The number of aromatic hydroxyl groups is 1. The highest BCUT2D eigenvalue weighted by Crippen LogP contribution is 2.38. The Balaban J connectivity index is 0.000000658. The van der Waals surface area contributed by atoms with Crippen LogP contribution in [0.25, 0.3) is 0 Å². The van der Waals surface area contributed by atoms with E-state index in [1.54, 1.807) is 24.3 Å². The zero-order valence-electron chi connectivity index (χ0n) is 26.0. The lowest BCUT2D eigenvalue weighted by molar-refractivity contribution is -0.134. The molecule has 2 aromatic carbocycles. The van der Waals surface area contributed by atoms with Crippen LogP contribution in [0.15, 0.2) is 48.5 Å². The number of hydrogen-bond acceptors (Lipinski definition) is 6. The van der Waals surface area contributed by atoms with Crippen molar-refractivity contribution in [2.45, 2.75) is 105 Å². The number of rotatable bonds is 7. The van der Waals surface area contributed by atoms with E-state index in [1.807, 2.05) is 24.3 Å². The van der Waals surface area contributed by atoms with Crippen molar-refractivity contribution in [3.63, 3.8) is 0 Å². The maximum atomic E-state index is 10.8. The van der Waals surface area contributed by atoms with Gasteiger partial charge in [-0.15, -0.1) is 0 Å². The second-order valence-corrected chi connectivity index (χ2v) is 22.1. The second kappa shape index (κ2) is 15.4. The van der Waals surface area contributed by atoms with Gasteiger partial charge in [0.1, 0.15) is 11.5 Å². The van der Waals surface area contributed by atoms with Crippen molar-refractivity contribution >= 4 is 28.6 Å². The summed E-state index contributed by atoms with van der Waals surface area (Å²) in [5, 5.41) is 17.1. The van der Waals surface area contributed by atoms with E-state index in [0.717, 1.165) is 18.1 Å². The van der Waals surface area contributed by atoms with Crippen LogP contribution < -0.4 is 4.74 Å². The van der Waals surface area contributed by atoms with Crippen molar-refractivity contribution < 1.29 is 33.4 Å². The molecular weight excluding hydrogens is 528 g/mol. The van der Waals surface area contributed by atoms with Crippen LogP contribution in [0.4, 0.5) is 0 Å². The summed E-state index contributed by atoms with van der Waals surface area (Å²) in [5.41, 5.74) is 2.21. The fourth-order valence-electron chi connectivity index (χ4n) is 2.37. The molecule has 0 aliphatic heterocycles. The minimum Gasteiger partial charge on any atom is -0.508 e. The first kappa shape index (κ1) is 36.5. The summed E-state index contributed by atoms with van der Waals surface area (Å²) in [4.78, 5) is 19.8. The van der Waals surface area contributed by atoms with Crippen LogP contribution in [0.3, 0.4) is 0 Å². The average Bonchev–Trinajstić information content (AvgIpc) is 2.76. The molecule has 9 heteroatoms. The number of ether oxygens (including phenoxy) is 1. The van der Waals surface area contributed by atoms with Gasteiger partial charge in [-0.3, -0.25) is 9.59 Å². The minimum absolute atomic E-state index is 0.213. The Bertz CT molecular complexity index is 1010. The topological polar surface area (TPSA) is 102 Å². The van der Waals surface area contributed by atoms with Gasteiger partial charge in [0.05, 0.1) is 13.2 Å². The molecule has 0 saturated carbocycles. The molecule has 0 heterocycles. The predicted octanol–water partition coefficient (Wildman–Crippen LogP) is 8.14. The standard InChI is InChI=1S/C15H24O3Si.C13H22O2Si.C2H4O2/c1-12(16)18-14-9-7-13(8-10-14)11-17-19(5,6)15(2,3)4;1-13(2,3)16(4,5)15-10-11-6-8-12(14)9-7-11;1-2(3)4/h7-10H,11H2,1-6H3;6-9,14H,10H2,1-5H3;1H3,(H,3,4). The monoisotopic (exact) mass is 578 g/mol. The van der Waals surface area contributed by atoms with Gasteiger partial charge in [0.25, 0.3) is 5.97 Å². The molecule has 2 N–H and O–H groups in total. The second-order valence-electron chi connectivity index (χ2n) is 12.5. The third-order valence-corrected chi connectivity index (χ3v) is 15.9. The highest BCUT2D eigenvalue weighted by molar-refractivity contribution is 6.74. The van der Waals surface area contributed by atoms with Gasteiger partial charge in [0.15, 0.2) is 16.6 Å². The Morgan fingerprint density at radius 2 is 1.00 bits per heavy atom. The van der Waals surface area contributed by atoms with E-state index < -0.39 is 22.6 Å². The average molecular weight is 579 g/mol. The summed E-state index contributed by atoms with van der Waals surface area (Å²) in [5.74, 6) is -0.259. The van der Waals surface area contributed by atoms with Gasteiger partial charge in [-0.2, -0.15) is 0 Å². The molecule has 39 heavy (non-hydrogen) atoms. The van der Waals surface area contributed by atoms with Crippen molar-refractivity contribution in [1.82, 2.24) is 0 Å². The lowest BCUT2D eigenvalue weighted by Gasteiger charge is -2.36. The Morgan fingerprint density at radius 3 is 1.28 bits per heavy atom. The molecule has 0 atom stereocenters. The molecule has 0 spiro atoms. The van der Waals surface area contributed by atoms with Gasteiger partial charge < -0.3 is 23.8 Å². The summed E-state index contributed by atoms with van der Waals surface area (Å²) in [6, 6.07) is 14.7. The van der Waals surface area contributed by atoms with Crippen LogP contribution in [-0.2, 0) is 31.7 Å². The van der Waals surface area contributed by atoms with Gasteiger partial charge in [-0.25, -0.2) is 0 Å². The summed E-state index contributed by atoms with van der Waals surface area (Å²) in [6.07, 6.45) is 0. The van der Waals surface area contributed by atoms with E-state index in [9.17, 15) is 9.90 Å². The van der Waals surface area contributed by atoms with Gasteiger partial charge in [-0.05, 0) is 71.7 Å². The fraction of sp³-hybridized carbons (Fsp3) is 0.533. The molecule has 2 aromatic rings. The smallest absolute Gasteiger partial charge is 0.308 e. The minimum atomic E-state index is -1.71. The number of carbonyl (C=O) groups excluding carboxylic acids is 1. The molecule has 0 aliphatic rings. The van der Waals surface area contributed by atoms with Crippen molar-refractivity contribution in [2.24, 2.45) is 0 Å². The number of aliphatic carboxylic acids is 1. The molecule has 0 bridgehead atoms. The Hall–Kier alpha value is -2.47. The van der Waals surface area contributed by atoms with Gasteiger partial charge in [0.2, 0.25) is 0 Å². The Morgan fingerprint density at radius 1 is 0.692 bits per heavy atom. The summed E-state index contributed by atoms with van der Waals surface area (Å²) in [6.45, 7) is 26.1. The molecule has 0 fully saturated rings. The number of carbonyl (C=O) groups is 2. The molecular formula is C30H50O7Si2. The normalized spacial score (nSPS) is 11.9. The van der Waals surface area contributed by atoms with Crippen LogP contribution in [0.2, 0.25) is 36.3 Å². The van der Waals surface area contributed by atoms with Gasteiger partial charge in [-0.1, -0.05) is 65.8 Å². The predicted molar refractivity (Wildman–Crippen MR) is 163 cm³/mol. The first-order chi connectivity index (χ1) is 17.6. The lowest BCUT2D eigenvalue weighted by atomic mass is 10.2. The first-order valence-corrected chi connectivity index (χ1v) is 18.9. The third kappa shape index (κ3) is 15.0. The van der Waals surface area contributed by atoms with Gasteiger partial charge in [0, 0.05) is 13.8 Å². The number of phenolic OH excluding ortho intramolecular Hbond substituents is 1. The molecule has 0 aliphatic carbocycles. The number of benzene rings is 2. The number of carboxylic acid groups (broad SMARTS) is 1. The van der Waals surface area contributed by atoms with Crippen LogP contribution in [0, 0.1) is 0 Å². The van der Waals surface area contributed by atoms with E-state index in [1.165, 1.54) is 6.92 Å². The molecule has 0 amide bonds. The molecule has 0 aromatic heterocycles.